The molecule has 0 unspecified atom stereocenters. The molecule has 0 atom stereocenters. The summed E-state index contributed by atoms with van der Waals surface area (Å²) >= 11 is 0. The molecule has 4 aromatic carbocycles. The van der Waals surface area contributed by atoms with E-state index in [1.165, 1.54) is 0 Å². The highest BCUT2D eigenvalue weighted by Gasteiger charge is 2.17. The molecule has 0 bridgehead atoms. The summed E-state index contributed by atoms with van der Waals surface area (Å²) in [7, 11) is 6.49. The molecule has 37 heavy (non-hydrogen) atoms. The molecule has 0 aliphatic rings. The first-order chi connectivity index (χ1) is 17.9. The van der Waals surface area contributed by atoms with Crippen LogP contribution in [-0.4, -0.2) is 38.8 Å². The number of benzene rings is 4. The third kappa shape index (κ3) is 6.59. The second-order valence-electron chi connectivity index (χ2n) is 9.95. The zero-order valence-electron chi connectivity index (χ0n) is 21.7. The molecule has 0 saturated heterocycles. The summed E-state index contributed by atoms with van der Waals surface area (Å²) in [6, 6.07) is 35.1. The maximum Gasteiger partial charge on any atom is 0.137 e. The Kier molecular flexibility index (Phi) is 7.95. The lowest BCUT2D eigenvalue weighted by Gasteiger charge is -2.23. The molecular weight excluding hydrogens is 450 g/mol. The van der Waals surface area contributed by atoms with Gasteiger partial charge in [0.15, 0.2) is 0 Å². The Hall–Kier alpha value is -4.50. The van der Waals surface area contributed by atoms with Crippen molar-refractivity contribution in [1.29, 1.82) is 0 Å². The van der Waals surface area contributed by atoms with Crippen LogP contribution < -0.4 is 4.74 Å². The van der Waals surface area contributed by atoms with E-state index in [-0.39, 0.29) is 0 Å². The molecular formula is C35H32NO+. The van der Waals surface area contributed by atoms with E-state index in [1.807, 2.05) is 30.3 Å². The third-order valence-corrected chi connectivity index (χ3v) is 6.17. The van der Waals surface area contributed by atoms with Crippen molar-refractivity contribution in [1.82, 2.24) is 0 Å². The Bertz CT molecular complexity index is 1380. The minimum Gasteiger partial charge on any atom is -0.488 e. The molecule has 182 valence electrons. The molecule has 2 nitrogen and oxygen atoms in total. The van der Waals surface area contributed by atoms with Crippen LogP contribution in [0, 0.1) is 24.7 Å². The number of rotatable bonds is 8. The maximum absolute atomic E-state index is 6.03. The van der Waals surface area contributed by atoms with E-state index in [2.05, 4.69) is 106 Å². The Morgan fingerprint density at radius 3 is 1.41 bits per heavy atom. The van der Waals surface area contributed by atoms with Crippen molar-refractivity contribution < 1.29 is 9.22 Å². The van der Waals surface area contributed by atoms with Gasteiger partial charge in [-0.2, -0.15) is 0 Å². The topological polar surface area (TPSA) is 9.23 Å². The standard InChI is InChI=1S/C35H32NO/c1-6-27-13-17-30(18-14-27)35(31-19-15-28(7-2)16-20-31)34(29-11-9-8-10-12-29)32-21-23-33(24-22-32)37-26-25-36(3,4)5/h1-2,8-24H,25-26H2,3-5H3/q+1. The monoisotopic (exact) mass is 482 g/mol. The molecule has 0 saturated carbocycles. The van der Waals surface area contributed by atoms with Crippen LogP contribution in [0.3, 0.4) is 0 Å². The zero-order chi connectivity index (χ0) is 26.3. The third-order valence-electron chi connectivity index (χ3n) is 6.17. The SMILES string of the molecule is C#Cc1ccc(C(=C(c2ccccc2)c2ccc(OCC[N+](C)(C)C)cc2)c2ccc(C#C)cc2)cc1. The van der Waals surface area contributed by atoms with Crippen LogP contribution in [0.5, 0.6) is 5.75 Å². The normalized spacial score (nSPS) is 10.7. The number of hydrogen-bond donors (Lipinski definition) is 0. The van der Waals surface area contributed by atoms with Gasteiger partial charge in [0.1, 0.15) is 18.9 Å². The summed E-state index contributed by atoms with van der Waals surface area (Å²) in [5, 5.41) is 0. The molecule has 0 heterocycles. The molecule has 0 radical (unpaired) electrons. The van der Waals surface area contributed by atoms with Gasteiger partial charge in [-0.05, 0) is 69.8 Å². The van der Waals surface area contributed by atoms with Gasteiger partial charge in [-0.15, -0.1) is 12.8 Å². The number of hydrogen-bond acceptors (Lipinski definition) is 1. The van der Waals surface area contributed by atoms with Gasteiger partial charge in [-0.3, -0.25) is 0 Å². The van der Waals surface area contributed by atoms with Crippen LogP contribution in [0.25, 0.3) is 11.1 Å². The van der Waals surface area contributed by atoms with Crippen LogP contribution in [0.1, 0.15) is 33.4 Å². The van der Waals surface area contributed by atoms with Gasteiger partial charge in [0.05, 0.1) is 21.1 Å². The molecule has 0 N–H and O–H groups in total. The van der Waals surface area contributed by atoms with Crippen molar-refractivity contribution in [2.45, 2.75) is 0 Å². The first-order valence-corrected chi connectivity index (χ1v) is 12.4. The summed E-state index contributed by atoms with van der Waals surface area (Å²) < 4.78 is 6.89. The van der Waals surface area contributed by atoms with Crippen LogP contribution >= 0.6 is 0 Å². The lowest BCUT2D eigenvalue weighted by atomic mass is 9.85. The van der Waals surface area contributed by atoms with E-state index in [1.54, 1.807) is 0 Å². The molecule has 0 spiro atoms. The van der Waals surface area contributed by atoms with E-state index in [0.717, 1.165) is 61.3 Å². The summed E-state index contributed by atoms with van der Waals surface area (Å²) in [4.78, 5) is 0. The predicted octanol–water partition coefficient (Wildman–Crippen LogP) is 6.74. The lowest BCUT2D eigenvalue weighted by molar-refractivity contribution is -0.870. The van der Waals surface area contributed by atoms with Gasteiger partial charge in [0.2, 0.25) is 0 Å². The second kappa shape index (κ2) is 11.5. The first-order valence-electron chi connectivity index (χ1n) is 12.4. The predicted molar refractivity (Wildman–Crippen MR) is 155 cm³/mol. The smallest absolute Gasteiger partial charge is 0.137 e. The second-order valence-corrected chi connectivity index (χ2v) is 9.95. The Labute approximate surface area is 221 Å². The average Bonchev–Trinajstić information content (AvgIpc) is 2.92. The van der Waals surface area contributed by atoms with E-state index in [9.17, 15) is 0 Å². The lowest BCUT2D eigenvalue weighted by Crippen LogP contribution is -2.38. The van der Waals surface area contributed by atoms with Crippen LogP contribution in [0.2, 0.25) is 0 Å². The molecule has 4 rings (SSSR count). The van der Waals surface area contributed by atoms with Gasteiger partial charge in [0.25, 0.3) is 0 Å². The molecule has 0 amide bonds. The molecule has 0 aliphatic carbocycles. The van der Waals surface area contributed by atoms with Gasteiger partial charge < -0.3 is 9.22 Å². The number of ether oxygens (including phenoxy) is 1. The van der Waals surface area contributed by atoms with Gasteiger partial charge >= 0.3 is 0 Å². The highest BCUT2D eigenvalue weighted by molar-refractivity contribution is 6.04. The number of quaternary nitrogens is 1. The quantitative estimate of drug-likeness (QED) is 0.153. The average molecular weight is 483 g/mol. The number of likely N-dealkylation sites (N-methyl/N-ethyl adjacent to an activating group) is 1. The van der Waals surface area contributed by atoms with Crippen LogP contribution in [0.15, 0.2) is 103 Å². The number of nitrogens with zero attached hydrogens (tertiary/aromatic N) is 1. The summed E-state index contributed by atoms with van der Waals surface area (Å²) in [5.74, 6) is 6.30. The van der Waals surface area contributed by atoms with E-state index in [4.69, 9.17) is 17.6 Å². The van der Waals surface area contributed by atoms with Gasteiger partial charge in [0, 0.05) is 11.1 Å². The highest BCUT2D eigenvalue weighted by atomic mass is 16.5. The fourth-order valence-electron chi connectivity index (χ4n) is 4.14. The maximum atomic E-state index is 6.03. The fraction of sp³-hybridized carbons (Fsp3) is 0.143. The van der Waals surface area contributed by atoms with Crippen LogP contribution in [-0.2, 0) is 0 Å². The first kappa shape index (κ1) is 25.6. The van der Waals surface area contributed by atoms with Crippen molar-refractivity contribution in [2.24, 2.45) is 0 Å². The largest absolute Gasteiger partial charge is 0.488 e. The summed E-state index contributed by atoms with van der Waals surface area (Å²) in [5.41, 5.74) is 8.31. The van der Waals surface area contributed by atoms with E-state index >= 15 is 0 Å². The van der Waals surface area contributed by atoms with Gasteiger partial charge in [-0.1, -0.05) is 78.6 Å². The number of terminal acetylenes is 2. The molecule has 0 aromatic heterocycles. The van der Waals surface area contributed by atoms with Crippen molar-refractivity contribution in [2.75, 3.05) is 34.3 Å². The molecule has 0 aliphatic heterocycles. The van der Waals surface area contributed by atoms with Crippen molar-refractivity contribution >= 4 is 11.1 Å². The summed E-state index contributed by atoms with van der Waals surface area (Å²) in [6.07, 6.45) is 11.3. The zero-order valence-corrected chi connectivity index (χ0v) is 21.7. The van der Waals surface area contributed by atoms with Crippen molar-refractivity contribution in [3.8, 4) is 30.4 Å². The minimum absolute atomic E-state index is 0.665. The van der Waals surface area contributed by atoms with E-state index in [0.29, 0.717) is 6.61 Å². The van der Waals surface area contributed by atoms with E-state index < -0.39 is 0 Å². The highest BCUT2D eigenvalue weighted by Crippen LogP contribution is 2.37. The Morgan fingerprint density at radius 1 is 0.595 bits per heavy atom. The fourth-order valence-corrected chi connectivity index (χ4v) is 4.14. The molecule has 0 fully saturated rings. The Balaban J connectivity index is 1.87. The molecule has 2 heteroatoms. The van der Waals surface area contributed by atoms with Crippen molar-refractivity contribution in [3.63, 3.8) is 0 Å². The van der Waals surface area contributed by atoms with Crippen LogP contribution in [0.4, 0.5) is 0 Å². The minimum atomic E-state index is 0.665. The molecule has 4 aromatic rings. The summed E-state index contributed by atoms with van der Waals surface area (Å²) in [6.45, 7) is 1.60. The van der Waals surface area contributed by atoms with Crippen molar-refractivity contribution in [3.05, 3.63) is 137 Å². The van der Waals surface area contributed by atoms with Gasteiger partial charge in [-0.25, -0.2) is 0 Å². The Morgan fingerprint density at radius 2 is 1.00 bits per heavy atom.